The standard InChI is InChI=1S/C51H90O19P2/c1-3-5-7-8-9-10-11-12-13-14-15-16-17-18-19-20-21-22-28-32-45(56)68-39-36-66-44(55)31-27-24-23-26-30-40-42(53)35-43(54)41(34-33-38(52)29-25-6-4-2)47(58)50(69-71(61,62)63)51(49(60)48(59)46(40)57)70-72(64,65)67-37-39/h9-10,12-13,33-34,38-42,46-53,57-60H,3-8,11,14-32,35-37H2,1-2H3,(H,64,65)(H2,61,62,63)/b10-9-,13-12-,34-33+/t38-,39+,40-,41-,42-,46+,47+,48-,49+,50+,51-/m0/s1. The number of fused-ring (bicyclic) bond motifs is 4. The van der Waals surface area contributed by atoms with Gasteiger partial charge in [0.05, 0.1) is 36.9 Å². The maximum absolute atomic E-state index is 14.0. The highest BCUT2D eigenvalue weighted by atomic mass is 31.2. The fourth-order valence-corrected chi connectivity index (χ4v) is 10.4. The van der Waals surface area contributed by atoms with E-state index >= 15 is 0 Å². The number of phosphoric ester groups is 2. The minimum atomic E-state index is -5.79. The molecule has 0 amide bonds. The lowest BCUT2D eigenvalue weighted by Crippen LogP contribution is -2.56. The van der Waals surface area contributed by atoms with E-state index in [-0.39, 0.29) is 32.1 Å². The van der Waals surface area contributed by atoms with Crippen molar-refractivity contribution in [1.29, 1.82) is 0 Å². The molecule has 418 valence electrons. The Labute approximate surface area is 427 Å². The molecule has 12 atom stereocenters. The lowest BCUT2D eigenvalue weighted by atomic mass is 9.82. The van der Waals surface area contributed by atoms with Gasteiger partial charge in [-0.05, 0) is 57.8 Å². The number of aliphatic hydroxyl groups excluding tert-OH is 6. The van der Waals surface area contributed by atoms with Crippen LogP contribution in [0.25, 0.3) is 0 Å². The van der Waals surface area contributed by atoms with Gasteiger partial charge in [0, 0.05) is 25.2 Å². The van der Waals surface area contributed by atoms with E-state index in [4.69, 9.17) is 23.0 Å². The molecular weight excluding hydrogens is 978 g/mol. The van der Waals surface area contributed by atoms with Crippen LogP contribution in [0.5, 0.6) is 0 Å². The molecule has 0 aromatic rings. The van der Waals surface area contributed by atoms with E-state index in [0.717, 1.165) is 89.2 Å². The van der Waals surface area contributed by atoms with E-state index in [1.807, 2.05) is 6.92 Å². The highest BCUT2D eigenvalue weighted by Gasteiger charge is 2.51. The second-order valence-electron chi connectivity index (χ2n) is 19.4. The summed E-state index contributed by atoms with van der Waals surface area (Å²) in [6, 6.07) is 0. The summed E-state index contributed by atoms with van der Waals surface area (Å²) < 4.78 is 52.3. The largest absolute Gasteiger partial charge is 0.472 e. The zero-order valence-corrected chi connectivity index (χ0v) is 44.6. The Balaban J connectivity index is 2.22. The maximum Gasteiger partial charge on any atom is 0.472 e. The smallest absolute Gasteiger partial charge is 0.462 e. The van der Waals surface area contributed by atoms with E-state index in [2.05, 4.69) is 31.2 Å². The number of Topliss-reactive ketones (excluding diaryl/α,β-unsaturated/α-hetero) is 1. The third-order valence-electron chi connectivity index (χ3n) is 13.1. The second kappa shape index (κ2) is 37.5. The second-order valence-corrected chi connectivity index (χ2v) is 22.0. The van der Waals surface area contributed by atoms with Crippen LogP contribution in [0.3, 0.4) is 0 Å². The van der Waals surface area contributed by atoms with Crippen molar-refractivity contribution in [3.8, 4) is 0 Å². The first kappa shape index (κ1) is 65.9. The number of allylic oxidation sites excluding steroid dienone is 4. The molecule has 9 N–H and O–H groups in total. The van der Waals surface area contributed by atoms with Crippen molar-refractivity contribution in [2.24, 2.45) is 11.8 Å². The van der Waals surface area contributed by atoms with Crippen molar-refractivity contribution < 1.29 is 91.9 Å². The molecule has 0 radical (unpaired) electrons. The highest BCUT2D eigenvalue weighted by Crippen LogP contribution is 2.49. The van der Waals surface area contributed by atoms with Crippen molar-refractivity contribution in [3.05, 3.63) is 36.5 Å². The van der Waals surface area contributed by atoms with Crippen molar-refractivity contribution in [2.75, 3.05) is 13.2 Å². The van der Waals surface area contributed by atoms with Gasteiger partial charge >= 0.3 is 27.6 Å². The van der Waals surface area contributed by atoms with Crippen molar-refractivity contribution in [3.63, 3.8) is 0 Å². The lowest BCUT2D eigenvalue weighted by molar-refractivity contribution is -0.165. The molecule has 1 heterocycles. The molecule has 0 spiro atoms. The van der Waals surface area contributed by atoms with Crippen LogP contribution in [-0.2, 0) is 46.6 Å². The zero-order chi connectivity index (χ0) is 53.4. The molecule has 1 saturated carbocycles. The Morgan fingerprint density at radius 2 is 1.36 bits per heavy atom. The Morgan fingerprint density at radius 1 is 0.764 bits per heavy atom. The van der Waals surface area contributed by atoms with E-state index in [1.54, 1.807) is 0 Å². The Bertz CT molecular complexity index is 1690. The van der Waals surface area contributed by atoms with Crippen LogP contribution in [0.15, 0.2) is 36.5 Å². The molecule has 1 saturated heterocycles. The lowest BCUT2D eigenvalue weighted by Gasteiger charge is -2.38. The number of phosphoric acid groups is 2. The fraction of sp³-hybridized carbons (Fsp3) is 0.824. The molecule has 1 aliphatic carbocycles. The van der Waals surface area contributed by atoms with Crippen molar-refractivity contribution >= 4 is 33.4 Å². The van der Waals surface area contributed by atoms with Crippen LogP contribution in [0, 0.1) is 11.8 Å². The number of carbonyl (C=O) groups excluding carboxylic acids is 3. The topological polar surface area (TPSA) is 314 Å². The molecule has 1 unspecified atom stereocenters. The number of unbranched alkanes of at least 4 members (excludes halogenated alkanes) is 14. The predicted molar refractivity (Wildman–Crippen MR) is 270 cm³/mol. The van der Waals surface area contributed by atoms with Crippen LogP contribution in [0.4, 0.5) is 0 Å². The minimum absolute atomic E-state index is 0.0343. The number of carbonyl (C=O) groups is 3. The van der Waals surface area contributed by atoms with Gasteiger partial charge in [0.25, 0.3) is 0 Å². The summed E-state index contributed by atoms with van der Waals surface area (Å²) in [6.45, 7) is 2.56. The Kier molecular flexibility index (Phi) is 34.4. The maximum atomic E-state index is 14.0. The van der Waals surface area contributed by atoms with Gasteiger partial charge in [-0.3, -0.25) is 28.0 Å². The Hall–Kier alpha value is -2.19. The number of cyclic esters (lactones) is 1. The van der Waals surface area contributed by atoms with E-state index < -0.39 is 120 Å². The summed E-state index contributed by atoms with van der Waals surface area (Å²) in [5.41, 5.74) is 0. The molecule has 21 heteroatoms. The number of ether oxygens (including phenoxy) is 2. The number of hydrogen-bond acceptors (Lipinski definition) is 16. The molecule has 2 bridgehead atoms. The summed E-state index contributed by atoms with van der Waals surface area (Å²) >= 11 is 0. The molecule has 2 fully saturated rings. The van der Waals surface area contributed by atoms with E-state index in [1.165, 1.54) is 25.7 Å². The Morgan fingerprint density at radius 3 is 2.00 bits per heavy atom. The van der Waals surface area contributed by atoms with Gasteiger partial charge in [-0.15, -0.1) is 0 Å². The van der Waals surface area contributed by atoms with Gasteiger partial charge in [-0.2, -0.15) is 0 Å². The molecule has 19 nitrogen and oxygen atoms in total. The van der Waals surface area contributed by atoms with Gasteiger partial charge in [0.15, 0.2) is 6.10 Å². The minimum Gasteiger partial charge on any atom is -0.462 e. The predicted octanol–water partition coefficient (Wildman–Crippen LogP) is 7.66. The van der Waals surface area contributed by atoms with E-state index in [0.29, 0.717) is 32.1 Å². The SMILES string of the molecule is CCCCC/C=C\C/C=C\CCCCCCCCCCCC(=O)O[C@@H]1COC(=O)CCCCCC[C@@H]2[C@@H](O)[C@H](O)[C@@H](O)[C@H](OP(=O)(O)OC1)[C@H](OP(=O)(O)O)[C@H](O)[C@@H](/C=C/[C@@H](O)CCCCC)C(=O)C[C@@H]2O. The summed E-state index contributed by atoms with van der Waals surface area (Å²) in [6.07, 6.45) is 10.4. The number of aliphatic hydroxyl groups is 6. The van der Waals surface area contributed by atoms with Crippen molar-refractivity contribution in [1.82, 2.24) is 0 Å². The molecular formula is C51H90O19P2. The van der Waals surface area contributed by atoms with Gasteiger partial charge in [-0.25, -0.2) is 9.13 Å². The molecule has 2 rings (SSSR count). The third-order valence-corrected chi connectivity index (χ3v) is 14.6. The molecule has 1 aliphatic heterocycles. The number of ketones is 1. The molecule has 72 heavy (non-hydrogen) atoms. The van der Waals surface area contributed by atoms with E-state index in [9.17, 15) is 68.8 Å². The van der Waals surface area contributed by atoms with Crippen LogP contribution >= 0.6 is 15.6 Å². The summed E-state index contributed by atoms with van der Waals surface area (Å²) in [4.78, 5) is 70.8. The first-order chi connectivity index (χ1) is 34.3. The van der Waals surface area contributed by atoms with Crippen LogP contribution in [0.2, 0.25) is 0 Å². The number of esters is 2. The zero-order valence-electron chi connectivity index (χ0n) is 42.8. The van der Waals surface area contributed by atoms with Gasteiger partial charge in [-0.1, -0.05) is 147 Å². The third kappa shape index (κ3) is 28.6. The molecule has 2 aliphatic rings. The average Bonchev–Trinajstić information content (AvgIpc) is 3.32. The number of hydrogen-bond donors (Lipinski definition) is 9. The summed E-state index contributed by atoms with van der Waals surface area (Å²) in [5, 5.41) is 68.3. The quantitative estimate of drug-likeness (QED) is 0.0165. The van der Waals surface area contributed by atoms with Crippen LogP contribution < -0.4 is 0 Å². The highest BCUT2D eigenvalue weighted by molar-refractivity contribution is 7.47. The number of rotatable bonds is 27. The first-order valence-corrected chi connectivity index (χ1v) is 29.7. The van der Waals surface area contributed by atoms with Gasteiger partial charge in [0.1, 0.15) is 36.8 Å². The molecule has 0 aromatic carbocycles. The monoisotopic (exact) mass is 1070 g/mol. The summed E-state index contributed by atoms with van der Waals surface area (Å²) in [7, 11) is -11.5. The van der Waals surface area contributed by atoms with Crippen LogP contribution in [0.1, 0.15) is 187 Å². The fourth-order valence-electron chi connectivity index (χ4n) is 8.86. The van der Waals surface area contributed by atoms with Gasteiger partial charge < -0.3 is 54.8 Å². The summed E-state index contributed by atoms with van der Waals surface area (Å²) in [5.74, 6) is -5.64. The normalized spacial score (nSPS) is 29.8. The first-order valence-electron chi connectivity index (χ1n) is 26.6. The van der Waals surface area contributed by atoms with Crippen molar-refractivity contribution in [2.45, 2.75) is 242 Å². The van der Waals surface area contributed by atoms with Crippen LogP contribution in [-0.4, -0.2) is 131 Å². The average molecular weight is 1070 g/mol. The van der Waals surface area contributed by atoms with Gasteiger partial charge in [0.2, 0.25) is 0 Å². The molecule has 0 aromatic heterocycles.